The van der Waals surface area contributed by atoms with E-state index in [2.05, 4.69) is 16.9 Å². The Kier molecular flexibility index (Phi) is 13.3. The molecule has 0 aliphatic carbocycles. The summed E-state index contributed by atoms with van der Waals surface area (Å²) in [5, 5.41) is 10.6. The van der Waals surface area contributed by atoms with Crippen LogP contribution in [0.4, 0.5) is 4.39 Å². The molecule has 0 saturated carbocycles. The Balaban J connectivity index is 1.69. The van der Waals surface area contributed by atoms with Crippen molar-refractivity contribution in [3.05, 3.63) is 36.7 Å². The van der Waals surface area contributed by atoms with E-state index in [1.54, 1.807) is 11.8 Å². The van der Waals surface area contributed by atoms with Crippen LogP contribution in [0.5, 0.6) is 5.75 Å². The van der Waals surface area contributed by atoms with Crippen LogP contribution in [-0.4, -0.2) is 39.7 Å². The predicted molar refractivity (Wildman–Crippen MR) is 132 cm³/mol. The van der Waals surface area contributed by atoms with Crippen molar-refractivity contribution in [2.45, 2.75) is 95.5 Å². The normalized spacial score (nSPS) is 13.1. The summed E-state index contributed by atoms with van der Waals surface area (Å²) in [6.07, 6.45) is 13.0. The molecule has 178 valence electrons. The van der Waals surface area contributed by atoms with Crippen molar-refractivity contribution in [2.75, 3.05) is 12.4 Å². The monoisotopic (exact) mass is 462 g/mol. The molecule has 6 heteroatoms. The standard InChI is InChI=1S/C26H39FN2O2S/c1-3-5-6-7-8-9-10-11-17-32-26-28-18-22(19-29-26)21-13-15-23(16-14-21)31-20-25(30)24(27)12-4-2/h13-16,18-19,24-25,30H,3-12,17,20H2,1-2H3/t24-,25+/m0/s1. The molecule has 0 spiro atoms. The van der Waals surface area contributed by atoms with Crippen molar-refractivity contribution in [1.82, 2.24) is 9.97 Å². The second-order valence-electron chi connectivity index (χ2n) is 8.29. The van der Waals surface area contributed by atoms with Crippen LogP contribution in [0.15, 0.2) is 41.8 Å². The molecule has 0 radical (unpaired) electrons. The molecule has 2 aromatic rings. The van der Waals surface area contributed by atoms with Crippen molar-refractivity contribution in [3.8, 4) is 16.9 Å². The molecule has 2 rings (SSSR count). The Labute approximate surface area is 197 Å². The first kappa shape index (κ1) is 26.6. The Hall–Kier alpha value is -1.66. The van der Waals surface area contributed by atoms with Gasteiger partial charge in [-0.2, -0.15) is 0 Å². The first-order valence-electron chi connectivity index (χ1n) is 12.1. The van der Waals surface area contributed by atoms with Gasteiger partial charge in [-0.3, -0.25) is 0 Å². The third-order valence-corrected chi connectivity index (χ3v) is 6.41. The van der Waals surface area contributed by atoms with Crippen LogP contribution in [-0.2, 0) is 0 Å². The molecule has 1 aromatic carbocycles. The average Bonchev–Trinajstić information content (AvgIpc) is 2.82. The summed E-state index contributed by atoms with van der Waals surface area (Å²) >= 11 is 1.72. The van der Waals surface area contributed by atoms with E-state index in [1.807, 2.05) is 43.6 Å². The highest BCUT2D eigenvalue weighted by molar-refractivity contribution is 7.99. The maximum atomic E-state index is 13.7. The number of rotatable bonds is 17. The number of aliphatic hydroxyl groups excluding tert-OH is 1. The number of unbranched alkanes of at least 4 members (excludes halogenated alkanes) is 7. The number of benzene rings is 1. The van der Waals surface area contributed by atoms with Gasteiger partial charge in [0.05, 0.1) is 0 Å². The lowest BCUT2D eigenvalue weighted by Crippen LogP contribution is -2.28. The van der Waals surface area contributed by atoms with E-state index in [-0.39, 0.29) is 6.61 Å². The van der Waals surface area contributed by atoms with E-state index in [1.165, 1.54) is 51.4 Å². The molecule has 0 amide bonds. The van der Waals surface area contributed by atoms with Gasteiger partial charge in [-0.15, -0.1) is 0 Å². The lowest BCUT2D eigenvalue weighted by molar-refractivity contribution is 0.0331. The lowest BCUT2D eigenvalue weighted by Gasteiger charge is -2.16. The zero-order valence-electron chi connectivity index (χ0n) is 19.6. The van der Waals surface area contributed by atoms with Crippen LogP contribution >= 0.6 is 11.8 Å². The first-order valence-corrected chi connectivity index (χ1v) is 13.1. The topological polar surface area (TPSA) is 55.2 Å². The second-order valence-corrected chi connectivity index (χ2v) is 9.35. The quantitative estimate of drug-likeness (QED) is 0.152. The SMILES string of the molecule is CCCCCCCCCCSc1ncc(-c2ccc(OC[C@@H](O)[C@@H](F)CCC)cc2)cn1. The molecule has 4 nitrogen and oxygen atoms in total. The van der Waals surface area contributed by atoms with E-state index in [4.69, 9.17) is 4.74 Å². The van der Waals surface area contributed by atoms with Gasteiger partial charge < -0.3 is 9.84 Å². The fourth-order valence-electron chi connectivity index (χ4n) is 3.44. The van der Waals surface area contributed by atoms with Gasteiger partial charge in [0.2, 0.25) is 0 Å². The molecule has 1 N–H and O–H groups in total. The molecule has 0 bridgehead atoms. The summed E-state index contributed by atoms with van der Waals surface area (Å²) in [5.74, 6) is 1.67. The summed E-state index contributed by atoms with van der Waals surface area (Å²) in [6, 6.07) is 7.49. The van der Waals surface area contributed by atoms with E-state index >= 15 is 0 Å². The Morgan fingerprint density at radius 1 is 0.875 bits per heavy atom. The molecule has 0 aliphatic rings. The fourth-order valence-corrected chi connectivity index (χ4v) is 4.22. The van der Waals surface area contributed by atoms with Crippen LogP contribution < -0.4 is 4.74 Å². The summed E-state index contributed by atoms with van der Waals surface area (Å²) in [7, 11) is 0. The van der Waals surface area contributed by atoms with E-state index < -0.39 is 12.3 Å². The molecule has 0 aliphatic heterocycles. The molecular formula is C26H39FN2O2S. The van der Waals surface area contributed by atoms with Crippen molar-refractivity contribution in [3.63, 3.8) is 0 Å². The predicted octanol–water partition coefficient (Wildman–Crippen LogP) is 7.25. The van der Waals surface area contributed by atoms with Gasteiger partial charge in [0, 0.05) is 23.7 Å². The van der Waals surface area contributed by atoms with Crippen molar-refractivity contribution in [2.24, 2.45) is 0 Å². The van der Waals surface area contributed by atoms with Crippen molar-refractivity contribution < 1.29 is 14.2 Å². The minimum absolute atomic E-state index is 0.0472. The number of alkyl halides is 1. The maximum Gasteiger partial charge on any atom is 0.187 e. The summed E-state index contributed by atoms with van der Waals surface area (Å²) in [4.78, 5) is 8.97. The minimum Gasteiger partial charge on any atom is -0.491 e. The van der Waals surface area contributed by atoms with Crippen molar-refractivity contribution >= 4 is 11.8 Å². The summed E-state index contributed by atoms with van der Waals surface area (Å²) < 4.78 is 19.2. The highest BCUT2D eigenvalue weighted by Crippen LogP contribution is 2.23. The number of hydrogen-bond donors (Lipinski definition) is 1. The van der Waals surface area contributed by atoms with Gasteiger partial charge in [-0.05, 0) is 30.5 Å². The van der Waals surface area contributed by atoms with Gasteiger partial charge in [0.1, 0.15) is 24.6 Å². The van der Waals surface area contributed by atoms with Gasteiger partial charge >= 0.3 is 0 Å². The Bertz CT molecular complexity index is 728. The molecule has 1 heterocycles. The number of aromatic nitrogens is 2. The fraction of sp³-hybridized carbons (Fsp3) is 0.615. The second kappa shape index (κ2) is 16.0. The van der Waals surface area contributed by atoms with Crippen LogP contribution in [0, 0.1) is 0 Å². The van der Waals surface area contributed by atoms with Crippen LogP contribution in [0.2, 0.25) is 0 Å². The number of ether oxygens (including phenoxy) is 1. The van der Waals surface area contributed by atoms with E-state index in [9.17, 15) is 9.50 Å². The van der Waals surface area contributed by atoms with Gasteiger partial charge in [-0.25, -0.2) is 14.4 Å². The van der Waals surface area contributed by atoms with Gasteiger partial charge in [0.15, 0.2) is 5.16 Å². The summed E-state index contributed by atoms with van der Waals surface area (Å²) in [6.45, 7) is 4.10. The molecular weight excluding hydrogens is 423 g/mol. The zero-order chi connectivity index (χ0) is 23.0. The van der Waals surface area contributed by atoms with Crippen molar-refractivity contribution in [1.29, 1.82) is 0 Å². The third-order valence-electron chi connectivity index (χ3n) is 5.45. The molecule has 0 fully saturated rings. The number of aliphatic hydroxyl groups is 1. The first-order chi connectivity index (χ1) is 15.6. The Morgan fingerprint density at radius 3 is 2.12 bits per heavy atom. The largest absolute Gasteiger partial charge is 0.491 e. The third kappa shape index (κ3) is 10.3. The molecule has 1 aromatic heterocycles. The summed E-state index contributed by atoms with van der Waals surface area (Å²) in [5.41, 5.74) is 1.94. The average molecular weight is 463 g/mol. The smallest absolute Gasteiger partial charge is 0.187 e. The zero-order valence-corrected chi connectivity index (χ0v) is 20.5. The number of nitrogens with zero attached hydrogens (tertiary/aromatic N) is 2. The van der Waals surface area contributed by atoms with Gasteiger partial charge in [-0.1, -0.05) is 89.1 Å². The van der Waals surface area contributed by atoms with Gasteiger partial charge in [0.25, 0.3) is 0 Å². The number of thioether (sulfide) groups is 1. The number of halogens is 1. The molecule has 0 saturated heterocycles. The maximum absolute atomic E-state index is 13.7. The minimum atomic E-state index is -1.25. The molecule has 2 atom stereocenters. The highest BCUT2D eigenvalue weighted by Gasteiger charge is 2.17. The van der Waals surface area contributed by atoms with Crippen LogP contribution in [0.3, 0.4) is 0 Å². The lowest BCUT2D eigenvalue weighted by atomic mass is 10.1. The van der Waals surface area contributed by atoms with Crippen LogP contribution in [0.1, 0.15) is 78.1 Å². The highest BCUT2D eigenvalue weighted by atomic mass is 32.2. The Morgan fingerprint density at radius 2 is 1.50 bits per heavy atom. The number of hydrogen-bond acceptors (Lipinski definition) is 5. The van der Waals surface area contributed by atoms with Crippen LogP contribution in [0.25, 0.3) is 11.1 Å². The molecule has 0 unspecified atom stereocenters. The van der Waals surface area contributed by atoms with E-state index in [0.717, 1.165) is 22.0 Å². The van der Waals surface area contributed by atoms with E-state index in [0.29, 0.717) is 18.6 Å². The molecule has 32 heavy (non-hydrogen) atoms.